The average Bonchev–Trinajstić information content (AvgIpc) is 2.73. The van der Waals surface area contributed by atoms with Gasteiger partial charge in [0.25, 0.3) is 11.1 Å². The first-order valence-electron chi connectivity index (χ1n) is 8.88. The van der Waals surface area contributed by atoms with Crippen LogP contribution < -0.4 is 10.1 Å². The first kappa shape index (κ1) is 21.0. The molecule has 0 aromatic heterocycles. The number of halogens is 1. The molecule has 1 aliphatic rings. The maximum atomic E-state index is 12.4. The van der Waals surface area contributed by atoms with Gasteiger partial charge in [-0.25, -0.2) is 4.79 Å². The molecule has 1 unspecified atom stereocenters. The third kappa shape index (κ3) is 5.44. The highest BCUT2D eigenvalue weighted by Crippen LogP contribution is 2.21. The second kappa shape index (κ2) is 9.69. The van der Waals surface area contributed by atoms with Gasteiger partial charge in [0.2, 0.25) is 0 Å². The van der Waals surface area contributed by atoms with Crippen LogP contribution in [0.2, 0.25) is 5.02 Å². The van der Waals surface area contributed by atoms with Gasteiger partial charge in [-0.1, -0.05) is 35.9 Å². The van der Waals surface area contributed by atoms with E-state index in [-0.39, 0.29) is 10.6 Å². The van der Waals surface area contributed by atoms with Crippen molar-refractivity contribution in [3.8, 4) is 5.75 Å². The minimum Gasteiger partial charge on any atom is -0.479 e. The summed E-state index contributed by atoms with van der Waals surface area (Å²) in [5, 5.41) is 12.6. The third-order valence-electron chi connectivity index (χ3n) is 4.33. The Balaban J connectivity index is 1.68. The number of rotatable bonds is 5. The van der Waals surface area contributed by atoms with Crippen LogP contribution in [-0.2, 0) is 9.53 Å². The minimum atomic E-state index is -1.24. The Kier molecular flexibility index (Phi) is 7.03. The van der Waals surface area contributed by atoms with E-state index in [9.17, 15) is 14.7 Å². The van der Waals surface area contributed by atoms with Crippen LogP contribution >= 0.6 is 23.8 Å². The lowest BCUT2D eigenvalue weighted by Crippen LogP contribution is -2.42. The highest BCUT2D eigenvalue weighted by molar-refractivity contribution is 7.80. The first-order chi connectivity index (χ1) is 14.0. The smallest absolute Gasteiger partial charge is 0.330 e. The summed E-state index contributed by atoms with van der Waals surface area (Å²) in [6, 6.07) is 11.6. The molecule has 0 aliphatic carbocycles. The summed E-state index contributed by atoms with van der Waals surface area (Å²) in [6.07, 6.45) is 0. The Morgan fingerprint density at radius 1 is 1.14 bits per heavy atom. The summed E-state index contributed by atoms with van der Waals surface area (Å²) >= 11 is 11.3. The summed E-state index contributed by atoms with van der Waals surface area (Å²) in [4.78, 5) is 26.0. The Labute approximate surface area is 178 Å². The predicted molar refractivity (Wildman–Crippen MR) is 111 cm³/mol. The van der Waals surface area contributed by atoms with Crippen molar-refractivity contribution in [2.24, 2.45) is 0 Å². The molecule has 0 radical (unpaired) electrons. The molecule has 2 N–H and O–H groups in total. The van der Waals surface area contributed by atoms with Crippen molar-refractivity contribution in [1.29, 1.82) is 0 Å². The number of thiocarbonyl (C=S) groups is 1. The van der Waals surface area contributed by atoms with E-state index < -0.39 is 17.9 Å². The normalized spacial score (nSPS) is 14.7. The van der Waals surface area contributed by atoms with E-state index in [1.54, 1.807) is 42.5 Å². The largest absolute Gasteiger partial charge is 0.479 e. The van der Waals surface area contributed by atoms with Gasteiger partial charge in [0.05, 0.1) is 23.8 Å². The molecule has 0 spiro atoms. The van der Waals surface area contributed by atoms with Gasteiger partial charge in [-0.15, -0.1) is 0 Å². The topological polar surface area (TPSA) is 88.1 Å². The lowest BCUT2D eigenvalue weighted by atomic mass is 10.1. The molecule has 9 heteroatoms. The molecule has 0 bridgehead atoms. The Bertz CT molecular complexity index is 900. The summed E-state index contributed by atoms with van der Waals surface area (Å²) in [7, 11) is 0. The number of carboxylic acid groups (broad SMARTS) is 1. The van der Waals surface area contributed by atoms with Crippen LogP contribution in [0, 0.1) is 0 Å². The average molecular weight is 435 g/mol. The number of carbonyl (C=O) groups excluding carboxylic acids is 1. The maximum Gasteiger partial charge on any atom is 0.330 e. The van der Waals surface area contributed by atoms with Crippen molar-refractivity contribution in [2.75, 3.05) is 26.3 Å². The van der Waals surface area contributed by atoms with E-state index in [4.69, 9.17) is 33.3 Å². The van der Waals surface area contributed by atoms with E-state index in [0.717, 1.165) is 0 Å². The second-order valence-electron chi connectivity index (χ2n) is 6.26. The number of amides is 1. The van der Waals surface area contributed by atoms with Gasteiger partial charge >= 0.3 is 5.97 Å². The quantitative estimate of drug-likeness (QED) is 0.699. The molecule has 1 amide bonds. The van der Waals surface area contributed by atoms with E-state index >= 15 is 0 Å². The third-order valence-corrected chi connectivity index (χ3v) is 5.00. The van der Waals surface area contributed by atoms with Crippen LogP contribution in [0.1, 0.15) is 22.0 Å². The monoisotopic (exact) mass is 434 g/mol. The number of carbonyl (C=O) groups is 2. The van der Waals surface area contributed by atoms with Gasteiger partial charge in [-0.2, -0.15) is 0 Å². The number of hydrogen-bond donors (Lipinski definition) is 2. The van der Waals surface area contributed by atoms with Gasteiger partial charge in [0.15, 0.2) is 6.04 Å². The van der Waals surface area contributed by atoms with Crippen molar-refractivity contribution >= 4 is 40.9 Å². The van der Waals surface area contributed by atoms with Gasteiger partial charge in [-0.3, -0.25) is 4.79 Å². The standard InChI is InChI=1S/C20H19ClN2O5S/c21-16-4-2-1-3-15(16)18(24)22-17(19(25)26)13-5-7-14(8-6-13)28-20(29)23-9-11-27-12-10-23/h1-8,17H,9-12H2,(H,22,24)(H,25,26). The Hall–Kier alpha value is -2.68. The zero-order chi connectivity index (χ0) is 20.8. The van der Waals surface area contributed by atoms with Gasteiger partial charge < -0.3 is 24.8 Å². The fourth-order valence-electron chi connectivity index (χ4n) is 2.78. The Morgan fingerprint density at radius 3 is 2.41 bits per heavy atom. The van der Waals surface area contributed by atoms with Crippen molar-refractivity contribution in [1.82, 2.24) is 10.2 Å². The van der Waals surface area contributed by atoms with Gasteiger partial charge in [0.1, 0.15) is 5.75 Å². The molecule has 3 rings (SSSR count). The molecular weight excluding hydrogens is 416 g/mol. The SMILES string of the molecule is O=C(NC(C(=O)O)c1ccc(OC(=S)N2CCOCC2)cc1)c1ccccc1Cl. The molecule has 2 aromatic carbocycles. The van der Waals surface area contributed by atoms with E-state index in [1.165, 1.54) is 6.07 Å². The first-order valence-corrected chi connectivity index (χ1v) is 9.67. The lowest BCUT2D eigenvalue weighted by Gasteiger charge is -2.28. The molecule has 7 nitrogen and oxygen atoms in total. The molecule has 1 saturated heterocycles. The molecule has 1 aliphatic heterocycles. The van der Waals surface area contributed by atoms with Crippen LogP contribution in [0.15, 0.2) is 48.5 Å². The van der Waals surface area contributed by atoms with Gasteiger partial charge in [0, 0.05) is 13.1 Å². The molecule has 2 aromatic rings. The molecule has 1 heterocycles. The van der Waals surface area contributed by atoms with Crippen molar-refractivity contribution in [2.45, 2.75) is 6.04 Å². The van der Waals surface area contributed by atoms with Crippen molar-refractivity contribution in [3.63, 3.8) is 0 Å². The summed E-state index contributed by atoms with van der Waals surface area (Å²) in [5.74, 6) is -1.29. The van der Waals surface area contributed by atoms with Crippen LogP contribution in [0.5, 0.6) is 5.75 Å². The maximum absolute atomic E-state index is 12.4. The number of aliphatic carboxylic acids is 1. The highest BCUT2D eigenvalue weighted by Gasteiger charge is 2.24. The summed E-state index contributed by atoms with van der Waals surface area (Å²) in [6.45, 7) is 2.50. The molecule has 1 fully saturated rings. The van der Waals surface area contributed by atoms with Crippen molar-refractivity contribution in [3.05, 3.63) is 64.7 Å². The number of morpholine rings is 1. The number of nitrogens with zero attached hydrogens (tertiary/aromatic N) is 1. The number of carboxylic acids is 1. The Morgan fingerprint density at radius 2 is 1.79 bits per heavy atom. The number of hydrogen-bond acceptors (Lipinski definition) is 5. The fourth-order valence-corrected chi connectivity index (χ4v) is 3.28. The molecular formula is C20H19ClN2O5S. The van der Waals surface area contributed by atoms with Crippen LogP contribution in [0.3, 0.4) is 0 Å². The fraction of sp³-hybridized carbons (Fsp3) is 0.250. The lowest BCUT2D eigenvalue weighted by molar-refractivity contribution is -0.139. The molecule has 0 saturated carbocycles. The van der Waals surface area contributed by atoms with Crippen LogP contribution in [0.25, 0.3) is 0 Å². The molecule has 29 heavy (non-hydrogen) atoms. The van der Waals surface area contributed by atoms with E-state index in [2.05, 4.69) is 5.32 Å². The number of ether oxygens (including phenoxy) is 2. The zero-order valence-electron chi connectivity index (χ0n) is 15.3. The van der Waals surface area contributed by atoms with E-state index in [0.29, 0.717) is 42.8 Å². The predicted octanol–water partition coefficient (Wildman–Crippen LogP) is 2.89. The number of benzene rings is 2. The molecule has 1 atom stereocenters. The summed E-state index contributed by atoms with van der Waals surface area (Å²) in [5.41, 5.74) is 0.596. The molecule has 152 valence electrons. The highest BCUT2D eigenvalue weighted by atomic mass is 35.5. The van der Waals surface area contributed by atoms with Crippen LogP contribution in [0.4, 0.5) is 0 Å². The minimum absolute atomic E-state index is 0.205. The van der Waals surface area contributed by atoms with Crippen LogP contribution in [-0.4, -0.2) is 53.4 Å². The zero-order valence-corrected chi connectivity index (χ0v) is 16.9. The van der Waals surface area contributed by atoms with Gasteiger partial charge in [-0.05, 0) is 42.0 Å². The van der Waals surface area contributed by atoms with E-state index in [1.807, 2.05) is 4.90 Å². The number of nitrogens with one attached hydrogen (secondary N) is 1. The second-order valence-corrected chi connectivity index (χ2v) is 7.02. The van der Waals surface area contributed by atoms with Crippen molar-refractivity contribution < 1.29 is 24.2 Å². The summed E-state index contributed by atoms with van der Waals surface area (Å²) < 4.78 is 10.9.